The van der Waals surface area contributed by atoms with Crippen molar-refractivity contribution in [3.05, 3.63) is 0 Å². The molecule has 0 aromatic carbocycles. The highest BCUT2D eigenvalue weighted by Crippen LogP contribution is 2.19. The number of amides is 2. The fraction of sp³-hybridized carbons (Fsp3) is 0.833. The first kappa shape index (κ1) is 15.7. The van der Waals surface area contributed by atoms with Crippen LogP contribution in [0.1, 0.15) is 47.5 Å². The third kappa shape index (κ3) is 6.14. The Labute approximate surface area is 103 Å². The first-order valence-electron chi connectivity index (χ1n) is 5.98. The number of carboxylic acids is 1. The van der Waals surface area contributed by atoms with Gasteiger partial charge in [0.15, 0.2) is 0 Å². The number of hydrogen-bond donors (Lipinski definition) is 3. The highest BCUT2D eigenvalue weighted by molar-refractivity contribution is 5.83. The Morgan fingerprint density at radius 2 is 1.76 bits per heavy atom. The standard InChI is InChI=1S/C12H24N2O3/c1-6-7-8(2)13-11(17)14-9(10(15)16)12(3,4)5/h8-9H,6-7H2,1-5H3,(H,15,16)(H2,13,14,17). The molecule has 2 unspecified atom stereocenters. The molecule has 0 rings (SSSR count). The monoisotopic (exact) mass is 244 g/mol. The van der Waals surface area contributed by atoms with Crippen molar-refractivity contribution in [1.82, 2.24) is 10.6 Å². The molecule has 3 N–H and O–H groups in total. The van der Waals surface area contributed by atoms with Crippen molar-refractivity contribution in [3.63, 3.8) is 0 Å². The Morgan fingerprint density at radius 3 is 2.12 bits per heavy atom. The van der Waals surface area contributed by atoms with E-state index >= 15 is 0 Å². The lowest BCUT2D eigenvalue weighted by Gasteiger charge is -2.28. The van der Waals surface area contributed by atoms with E-state index in [-0.39, 0.29) is 6.04 Å². The number of carboxylic acid groups (broad SMARTS) is 1. The summed E-state index contributed by atoms with van der Waals surface area (Å²) in [6.07, 6.45) is 1.85. The third-order valence-electron chi connectivity index (χ3n) is 2.49. The van der Waals surface area contributed by atoms with E-state index in [1.165, 1.54) is 0 Å². The predicted octanol–water partition coefficient (Wildman–Crippen LogP) is 1.97. The summed E-state index contributed by atoms with van der Waals surface area (Å²) in [5, 5.41) is 14.3. The summed E-state index contributed by atoms with van der Waals surface area (Å²) in [5.41, 5.74) is -0.517. The molecule has 0 spiro atoms. The fourth-order valence-electron chi connectivity index (χ4n) is 1.55. The van der Waals surface area contributed by atoms with Crippen molar-refractivity contribution in [1.29, 1.82) is 0 Å². The van der Waals surface area contributed by atoms with Gasteiger partial charge in [0, 0.05) is 6.04 Å². The molecule has 5 heteroatoms. The van der Waals surface area contributed by atoms with Crippen LogP contribution < -0.4 is 10.6 Å². The van der Waals surface area contributed by atoms with Crippen LogP contribution in [0.2, 0.25) is 0 Å². The number of nitrogens with one attached hydrogen (secondary N) is 2. The molecule has 0 aliphatic rings. The van der Waals surface area contributed by atoms with Crippen LogP contribution in [0.3, 0.4) is 0 Å². The van der Waals surface area contributed by atoms with Gasteiger partial charge in [-0.15, -0.1) is 0 Å². The molecule has 0 aromatic rings. The minimum atomic E-state index is -1.02. The normalized spacial score (nSPS) is 14.9. The molecule has 0 aliphatic heterocycles. The average molecular weight is 244 g/mol. The van der Waals surface area contributed by atoms with Gasteiger partial charge in [-0.1, -0.05) is 34.1 Å². The molecule has 0 radical (unpaired) electrons. The van der Waals surface area contributed by atoms with E-state index in [1.54, 1.807) is 20.8 Å². The summed E-state index contributed by atoms with van der Waals surface area (Å²) in [6, 6.07) is -1.26. The molecular formula is C12H24N2O3. The maximum atomic E-state index is 11.6. The first-order valence-corrected chi connectivity index (χ1v) is 5.98. The molecule has 0 aliphatic carbocycles. The molecule has 2 amide bonds. The molecule has 0 saturated heterocycles. The molecule has 0 saturated carbocycles. The Bertz CT molecular complexity index is 271. The van der Waals surface area contributed by atoms with E-state index in [2.05, 4.69) is 10.6 Å². The van der Waals surface area contributed by atoms with Gasteiger partial charge in [0.05, 0.1) is 0 Å². The van der Waals surface area contributed by atoms with Crippen LogP contribution in [0, 0.1) is 5.41 Å². The maximum absolute atomic E-state index is 11.6. The van der Waals surface area contributed by atoms with Crippen molar-refractivity contribution < 1.29 is 14.7 Å². The van der Waals surface area contributed by atoms with Crippen LogP contribution in [0.5, 0.6) is 0 Å². The molecule has 100 valence electrons. The summed E-state index contributed by atoms with van der Waals surface area (Å²) in [7, 11) is 0. The van der Waals surface area contributed by atoms with Crippen molar-refractivity contribution >= 4 is 12.0 Å². The number of rotatable bonds is 5. The van der Waals surface area contributed by atoms with E-state index in [1.807, 2.05) is 13.8 Å². The number of carbonyl (C=O) groups excluding carboxylic acids is 1. The quantitative estimate of drug-likeness (QED) is 0.692. The number of hydrogen-bond acceptors (Lipinski definition) is 2. The second-order valence-electron chi connectivity index (χ2n) is 5.44. The highest BCUT2D eigenvalue weighted by Gasteiger charge is 2.32. The van der Waals surface area contributed by atoms with Crippen LogP contribution in [0.15, 0.2) is 0 Å². The zero-order valence-corrected chi connectivity index (χ0v) is 11.3. The smallest absolute Gasteiger partial charge is 0.326 e. The largest absolute Gasteiger partial charge is 0.480 e. The lowest BCUT2D eigenvalue weighted by molar-refractivity contribution is -0.141. The van der Waals surface area contributed by atoms with E-state index in [0.717, 1.165) is 12.8 Å². The van der Waals surface area contributed by atoms with Gasteiger partial charge in [-0.05, 0) is 18.8 Å². The zero-order valence-electron chi connectivity index (χ0n) is 11.3. The number of urea groups is 1. The Hall–Kier alpha value is -1.26. The van der Waals surface area contributed by atoms with Crippen LogP contribution in [-0.4, -0.2) is 29.2 Å². The van der Waals surface area contributed by atoms with Crippen LogP contribution >= 0.6 is 0 Å². The van der Waals surface area contributed by atoms with E-state index < -0.39 is 23.5 Å². The van der Waals surface area contributed by atoms with Gasteiger partial charge in [0.2, 0.25) is 0 Å². The van der Waals surface area contributed by atoms with Gasteiger partial charge >= 0.3 is 12.0 Å². The summed E-state index contributed by atoms with van der Waals surface area (Å²) in [4.78, 5) is 22.7. The Kier molecular flexibility index (Phi) is 5.99. The zero-order chi connectivity index (χ0) is 13.6. The lowest BCUT2D eigenvalue weighted by atomic mass is 9.87. The molecule has 0 fully saturated rings. The minimum absolute atomic E-state index is 0.0504. The van der Waals surface area contributed by atoms with Crippen LogP contribution in [-0.2, 0) is 4.79 Å². The van der Waals surface area contributed by atoms with Crippen molar-refractivity contribution in [2.24, 2.45) is 5.41 Å². The molecule has 2 atom stereocenters. The minimum Gasteiger partial charge on any atom is -0.480 e. The highest BCUT2D eigenvalue weighted by atomic mass is 16.4. The summed E-state index contributed by atoms with van der Waals surface area (Å²) >= 11 is 0. The summed E-state index contributed by atoms with van der Waals surface area (Å²) in [6.45, 7) is 9.27. The van der Waals surface area contributed by atoms with Crippen LogP contribution in [0.4, 0.5) is 4.79 Å². The van der Waals surface area contributed by atoms with Gasteiger partial charge in [-0.3, -0.25) is 0 Å². The van der Waals surface area contributed by atoms with Gasteiger partial charge in [0.25, 0.3) is 0 Å². The van der Waals surface area contributed by atoms with Gasteiger partial charge < -0.3 is 15.7 Å². The van der Waals surface area contributed by atoms with E-state index in [0.29, 0.717) is 0 Å². The van der Waals surface area contributed by atoms with E-state index in [9.17, 15) is 9.59 Å². The third-order valence-corrected chi connectivity index (χ3v) is 2.49. The topological polar surface area (TPSA) is 78.4 Å². The first-order chi connectivity index (χ1) is 7.68. The number of carbonyl (C=O) groups is 2. The van der Waals surface area contributed by atoms with Crippen molar-refractivity contribution in [2.45, 2.75) is 59.5 Å². The molecule has 5 nitrogen and oxygen atoms in total. The molecule has 0 bridgehead atoms. The molecular weight excluding hydrogens is 220 g/mol. The average Bonchev–Trinajstić information content (AvgIpc) is 2.12. The maximum Gasteiger partial charge on any atom is 0.326 e. The number of aliphatic carboxylic acids is 1. The van der Waals surface area contributed by atoms with Crippen molar-refractivity contribution in [3.8, 4) is 0 Å². The molecule has 0 aromatic heterocycles. The van der Waals surface area contributed by atoms with Gasteiger partial charge in [0.1, 0.15) is 6.04 Å². The second kappa shape index (κ2) is 6.47. The van der Waals surface area contributed by atoms with E-state index in [4.69, 9.17) is 5.11 Å². The predicted molar refractivity (Wildman–Crippen MR) is 66.9 cm³/mol. The fourth-order valence-corrected chi connectivity index (χ4v) is 1.55. The molecule has 0 heterocycles. The van der Waals surface area contributed by atoms with Crippen molar-refractivity contribution in [2.75, 3.05) is 0 Å². The summed E-state index contributed by atoms with van der Waals surface area (Å²) < 4.78 is 0. The molecule has 17 heavy (non-hydrogen) atoms. The van der Waals surface area contributed by atoms with Gasteiger partial charge in [-0.25, -0.2) is 9.59 Å². The SMILES string of the molecule is CCCC(C)NC(=O)NC(C(=O)O)C(C)(C)C. The Balaban J connectivity index is 4.38. The second-order valence-corrected chi connectivity index (χ2v) is 5.44. The lowest BCUT2D eigenvalue weighted by Crippen LogP contribution is -2.53. The summed E-state index contributed by atoms with van der Waals surface area (Å²) in [5.74, 6) is -1.02. The van der Waals surface area contributed by atoms with Crippen LogP contribution in [0.25, 0.3) is 0 Å². The van der Waals surface area contributed by atoms with Gasteiger partial charge in [-0.2, -0.15) is 0 Å². The Morgan fingerprint density at radius 1 is 1.24 bits per heavy atom.